The van der Waals surface area contributed by atoms with Gasteiger partial charge in [0.05, 0.1) is 12.2 Å². The van der Waals surface area contributed by atoms with Gasteiger partial charge in [0.2, 0.25) is 0 Å². The molecule has 0 aliphatic carbocycles. The van der Waals surface area contributed by atoms with Gasteiger partial charge in [-0.1, -0.05) is 42.5 Å². The third-order valence-electron chi connectivity index (χ3n) is 4.06. The highest BCUT2D eigenvalue weighted by atomic mass is 16.5. The van der Waals surface area contributed by atoms with Gasteiger partial charge < -0.3 is 19.3 Å². The Balaban J connectivity index is 1.54. The highest BCUT2D eigenvalue weighted by Gasteiger charge is 2.10. The van der Waals surface area contributed by atoms with Crippen LogP contribution in [0.25, 0.3) is 11.1 Å². The van der Waals surface area contributed by atoms with Crippen molar-refractivity contribution in [3.05, 3.63) is 78.4 Å². The predicted molar refractivity (Wildman–Crippen MR) is 107 cm³/mol. The number of carboxylic acids is 1. The van der Waals surface area contributed by atoms with Crippen LogP contribution in [0, 0.1) is 0 Å². The Hall–Kier alpha value is -3.47. The molecule has 3 aromatic carbocycles. The third-order valence-corrected chi connectivity index (χ3v) is 4.06. The zero-order valence-electron chi connectivity index (χ0n) is 15.6. The molecule has 0 aliphatic heterocycles. The van der Waals surface area contributed by atoms with Gasteiger partial charge in [-0.25, -0.2) is 4.79 Å². The van der Waals surface area contributed by atoms with Gasteiger partial charge in [-0.3, -0.25) is 0 Å². The molecule has 3 rings (SSSR count). The van der Waals surface area contributed by atoms with Crippen LogP contribution < -0.4 is 14.2 Å². The van der Waals surface area contributed by atoms with Crippen LogP contribution in [0.3, 0.4) is 0 Å². The average molecular weight is 378 g/mol. The average Bonchev–Trinajstić information content (AvgIpc) is 2.73. The Kier molecular flexibility index (Phi) is 6.52. The largest absolute Gasteiger partial charge is 0.490 e. The Morgan fingerprint density at radius 1 is 0.786 bits per heavy atom. The minimum absolute atomic E-state index is 0.158. The van der Waals surface area contributed by atoms with E-state index in [4.69, 9.17) is 19.3 Å². The van der Waals surface area contributed by atoms with Crippen molar-refractivity contribution < 1.29 is 24.1 Å². The number of hydrogen-bond donors (Lipinski definition) is 1. The lowest BCUT2D eigenvalue weighted by atomic mass is 10.1. The first-order valence-corrected chi connectivity index (χ1v) is 9.08. The van der Waals surface area contributed by atoms with Crippen molar-refractivity contribution in [3.63, 3.8) is 0 Å². The minimum Gasteiger partial charge on any atom is -0.490 e. The van der Waals surface area contributed by atoms with Crippen molar-refractivity contribution in [2.45, 2.75) is 6.92 Å². The Labute approximate surface area is 164 Å². The minimum atomic E-state index is -1.00. The summed E-state index contributed by atoms with van der Waals surface area (Å²) in [5.41, 5.74) is 2.44. The van der Waals surface area contributed by atoms with Gasteiger partial charge >= 0.3 is 5.97 Å². The molecule has 0 amide bonds. The van der Waals surface area contributed by atoms with E-state index in [0.29, 0.717) is 31.3 Å². The van der Waals surface area contributed by atoms with E-state index < -0.39 is 5.97 Å². The quantitative estimate of drug-likeness (QED) is 0.536. The maximum Gasteiger partial charge on any atom is 0.335 e. The highest BCUT2D eigenvalue weighted by Crippen LogP contribution is 2.28. The summed E-state index contributed by atoms with van der Waals surface area (Å²) in [7, 11) is 0. The summed E-state index contributed by atoms with van der Waals surface area (Å²) >= 11 is 0. The first-order valence-electron chi connectivity index (χ1n) is 9.08. The molecule has 0 bridgehead atoms. The second-order valence-corrected chi connectivity index (χ2v) is 5.99. The molecule has 0 radical (unpaired) electrons. The summed E-state index contributed by atoms with van der Waals surface area (Å²) in [6, 6.07) is 22.6. The molecule has 3 aromatic rings. The number of carbonyl (C=O) groups is 1. The molecule has 5 heteroatoms. The Morgan fingerprint density at radius 3 is 2.14 bits per heavy atom. The van der Waals surface area contributed by atoms with Crippen LogP contribution in [0.4, 0.5) is 0 Å². The molecule has 0 fully saturated rings. The molecule has 0 unspecified atom stereocenters. The van der Waals surface area contributed by atoms with E-state index in [1.807, 2.05) is 49.4 Å². The van der Waals surface area contributed by atoms with E-state index in [0.717, 1.165) is 16.9 Å². The summed E-state index contributed by atoms with van der Waals surface area (Å²) in [5, 5.41) is 9.08. The van der Waals surface area contributed by atoms with Gasteiger partial charge in [-0.2, -0.15) is 0 Å². The summed E-state index contributed by atoms with van der Waals surface area (Å²) in [4.78, 5) is 11.1. The van der Waals surface area contributed by atoms with Gasteiger partial charge in [-0.05, 0) is 48.4 Å². The smallest absolute Gasteiger partial charge is 0.335 e. The Morgan fingerprint density at radius 2 is 1.46 bits per heavy atom. The first-order chi connectivity index (χ1) is 13.7. The van der Waals surface area contributed by atoms with Gasteiger partial charge in [0.15, 0.2) is 11.5 Å². The molecule has 0 heterocycles. The second-order valence-electron chi connectivity index (χ2n) is 5.99. The summed E-state index contributed by atoms with van der Waals surface area (Å²) in [5.74, 6) is 0.661. The number of ether oxygens (including phenoxy) is 3. The number of hydrogen-bond acceptors (Lipinski definition) is 4. The Bertz CT molecular complexity index is 904. The molecule has 28 heavy (non-hydrogen) atoms. The zero-order valence-corrected chi connectivity index (χ0v) is 15.6. The maximum absolute atomic E-state index is 11.1. The van der Waals surface area contributed by atoms with E-state index in [-0.39, 0.29) is 5.56 Å². The second kappa shape index (κ2) is 9.46. The van der Waals surface area contributed by atoms with Gasteiger partial charge in [-0.15, -0.1) is 0 Å². The van der Waals surface area contributed by atoms with E-state index in [1.54, 1.807) is 6.07 Å². The molecule has 0 aromatic heterocycles. The van der Waals surface area contributed by atoms with Crippen LogP contribution in [0.5, 0.6) is 17.2 Å². The fourth-order valence-corrected chi connectivity index (χ4v) is 2.71. The van der Waals surface area contributed by atoms with Crippen LogP contribution in [0.2, 0.25) is 0 Å². The number of aromatic carboxylic acids is 1. The maximum atomic E-state index is 11.1. The van der Waals surface area contributed by atoms with Crippen molar-refractivity contribution in [2.75, 3.05) is 19.8 Å². The van der Waals surface area contributed by atoms with Crippen LogP contribution >= 0.6 is 0 Å². The number of benzene rings is 3. The van der Waals surface area contributed by atoms with Gasteiger partial charge in [0, 0.05) is 0 Å². The predicted octanol–water partition coefficient (Wildman–Crippen LogP) is 4.91. The number of rotatable bonds is 9. The summed E-state index contributed by atoms with van der Waals surface area (Å²) in [6.45, 7) is 2.92. The molecular formula is C23H22O5. The molecule has 144 valence electrons. The standard InChI is InChI=1S/C23H22O5/c1-2-26-22-16-19(23(24)25)10-13-21(22)28-15-14-27-20-11-8-18(9-12-20)17-6-4-3-5-7-17/h3-13,16H,2,14-15H2,1H3,(H,24,25). The summed E-state index contributed by atoms with van der Waals surface area (Å²) < 4.78 is 16.9. The van der Waals surface area contributed by atoms with Crippen LogP contribution in [0.1, 0.15) is 17.3 Å². The molecular weight excluding hydrogens is 356 g/mol. The molecule has 5 nitrogen and oxygen atoms in total. The zero-order chi connectivity index (χ0) is 19.8. The topological polar surface area (TPSA) is 65.0 Å². The van der Waals surface area contributed by atoms with Crippen LogP contribution in [-0.2, 0) is 0 Å². The normalized spacial score (nSPS) is 10.3. The lowest BCUT2D eigenvalue weighted by Gasteiger charge is -2.13. The van der Waals surface area contributed by atoms with Crippen molar-refractivity contribution in [3.8, 4) is 28.4 Å². The molecule has 1 N–H and O–H groups in total. The van der Waals surface area contributed by atoms with Crippen LogP contribution in [-0.4, -0.2) is 30.9 Å². The van der Waals surface area contributed by atoms with E-state index in [1.165, 1.54) is 12.1 Å². The third kappa shape index (κ3) is 5.04. The van der Waals surface area contributed by atoms with E-state index in [9.17, 15) is 4.79 Å². The van der Waals surface area contributed by atoms with Crippen molar-refractivity contribution in [2.24, 2.45) is 0 Å². The van der Waals surface area contributed by atoms with Crippen molar-refractivity contribution in [1.82, 2.24) is 0 Å². The van der Waals surface area contributed by atoms with Crippen molar-refractivity contribution in [1.29, 1.82) is 0 Å². The molecule has 0 saturated heterocycles. The summed E-state index contributed by atoms with van der Waals surface area (Å²) in [6.07, 6.45) is 0. The fourth-order valence-electron chi connectivity index (χ4n) is 2.71. The number of carboxylic acid groups (broad SMARTS) is 1. The SMILES string of the molecule is CCOc1cc(C(=O)O)ccc1OCCOc1ccc(-c2ccccc2)cc1. The molecule has 0 spiro atoms. The van der Waals surface area contributed by atoms with E-state index >= 15 is 0 Å². The van der Waals surface area contributed by atoms with Gasteiger partial charge in [0.25, 0.3) is 0 Å². The monoisotopic (exact) mass is 378 g/mol. The molecule has 0 aliphatic rings. The van der Waals surface area contributed by atoms with Crippen LogP contribution in [0.15, 0.2) is 72.8 Å². The molecule has 0 atom stereocenters. The van der Waals surface area contributed by atoms with E-state index in [2.05, 4.69) is 12.1 Å². The lowest BCUT2D eigenvalue weighted by Crippen LogP contribution is -2.10. The van der Waals surface area contributed by atoms with Gasteiger partial charge in [0.1, 0.15) is 19.0 Å². The van der Waals surface area contributed by atoms with Crippen molar-refractivity contribution >= 4 is 5.97 Å². The lowest BCUT2D eigenvalue weighted by molar-refractivity contribution is 0.0696. The fraction of sp³-hybridized carbons (Fsp3) is 0.174. The first kappa shape index (κ1) is 19.3. The molecule has 0 saturated carbocycles. The highest BCUT2D eigenvalue weighted by molar-refractivity contribution is 5.88.